The van der Waals surface area contributed by atoms with Gasteiger partial charge in [0.05, 0.1) is 13.5 Å². The van der Waals surface area contributed by atoms with Crippen LogP contribution in [0.15, 0.2) is 60.7 Å². The van der Waals surface area contributed by atoms with E-state index in [-0.39, 0.29) is 18.1 Å². The standard InChI is InChI=1S/C28H30FN5O2/c1-36-25-11-8-21-4-2-3-5-23(21)24(25)19-33-15-13-27-32-31-26(34(27)17-16-33)12-14-30-28(35)18-20-6-9-22(29)10-7-20/h2-11H,12-19H2,1H3,(H,30,35). The number of rotatable bonds is 8. The highest BCUT2D eigenvalue weighted by molar-refractivity contribution is 5.87. The van der Waals surface area contributed by atoms with E-state index in [4.69, 9.17) is 4.74 Å². The number of nitrogens with one attached hydrogen (secondary N) is 1. The number of benzene rings is 3. The molecule has 8 heteroatoms. The molecule has 1 amide bonds. The highest BCUT2D eigenvalue weighted by Crippen LogP contribution is 2.29. The molecule has 0 saturated carbocycles. The van der Waals surface area contributed by atoms with Gasteiger partial charge in [0, 0.05) is 51.1 Å². The average Bonchev–Trinajstić information content (AvgIpc) is 3.16. The van der Waals surface area contributed by atoms with E-state index in [0.717, 1.165) is 55.6 Å². The quantitative estimate of drug-likeness (QED) is 0.412. The van der Waals surface area contributed by atoms with Gasteiger partial charge in [-0.25, -0.2) is 4.39 Å². The number of halogens is 1. The number of carbonyl (C=O) groups excluding carboxylic acids is 1. The fourth-order valence-electron chi connectivity index (χ4n) is 4.83. The van der Waals surface area contributed by atoms with Gasteiger partial charge < -0.3 is 14.6 Å². The molecule has 2 heterocycles. The molecule has 1 aliphatic heterocycles. The number of fused-ring (bicyclic) bond motifs is 2. The van der Waals surface area contributed by atoms with Crippen molar-refractivity contribution in [3.05, 3.63) is 89.3 Å². The molecule has 0 unspecified atom stereocenters. The van der Waals surface area contributed by atoms with E-state index < -0.39 is 0 Å². The Bertz CT molecular complexity index is 1350. The minimum Gasteiger partial charge on any atom is -0.496 e. The Morgan fingerprint density at radius 2 is 1.86 bits per heavy atom. The lowest BCUT2D eigenvalue weighted by atomic mass is 10.0. The first-order valence-corrected chi connectivity index (χ1v) is 12.3. The van der Waals surface area contributed by atoms with Crippen LogP contribution < -0.4 is 10.1 Å². The lowest BCUT2D eigenvalue weighted by Crippen LogP contribution is -2.29. The molecule has 0 bridgehead atoms. The monoisotopic (exact) mass is 487 g/mol. The summed E-state index contributed by atoms with van der Waals surface area (Å²) in [5.41, 5.74) is 1.99. The Morgan fingerprint density at radius 3 is 2.69 bits per heavy atom. The van der Waals surface area contributed by atoms with Crippen LogP contribution in [0.1, 0.15) is 22.8 Å². The smallest absolute Gasteiger partial charge is 0.224 e. The fourth-order valence-corrected chi connectivity index (χ4v) is 4.83. The molecular formula is C28H30FN5O2. The Balaban J connectivity index is 1.19. The zero-order valence-corrected chi connectivity index (χ0v) is 20.4. The van der Waals surface area contributed by atoms with Gasteiger partial charge in [-0.05, 0) is 34.5 Å². The summed E-state index contributed by atoms with van der Waals surface area (Å²) in [7, 11) is 1.72. The minimum absolute atomic E-state index is 0.0903. The molecule has 5 rings (SSSR count). The minimum atomic E-state index is -0.304. The molecule has 0 atom stereocenters. The van der Waals surface area contributed by atoms with Crippen molar-refractivity contribution in [1.82, 2.24) is 25.0 Å². The van der Waals surface area contributed by atoms with E-state index in [2.05, 4.69) is 55.3 Å². The number of ether oxygens (including phenoxy) is 1. The fraction of sp³-hybridized carbons (Fsp3) is 0.321. The number of nitrogens with zero attached hydrogens (tertiary/aromatic N) is 4. The first-order valence-electron chi connectivity index (χ1n) is 12.3. The van der Waals surface area contributed by atoms with Gasteiger partial charge in [-0.3, -0.25) is 9.69 Å². The largest absolute Gasteiger partial charge is 0.496 e. The molecule has 1 N–H and O–H groups in total. The van der Waals surface area contributed by atoms with Crippen molar-refractivity contribution in [2.24, 2.45) is 0 Å². The molecule has 4 aromatic rings. The van der Waals surface area contributed by atoms with Gasteiger partial charge in [-0.2, -0.15) is 0 Å². The maximum Gasteiger partial charge on any atom is 0.224 e. The van der Waals surface area contributed by atoms with Crippen LogP contribution in [-0.4, -0.2) is 52.3 Å². The zero-order chi connectivity index (χ0) is 24.9. The summed E-state index contributed by atoms with van der Waals surface area (Å²) in [5.74, 6) is 2.38. The predicted molar refractivity (Wildman–Crippen MR) is 136 cm³/mol. The van der Waals surface area contributed by atoms with Crippen LogP contribution in [0.25, 0.3) is 10.8 Å². The summed E-state index contributed by atoms with van der Waals surface area (Å²) in [4.78, 5) is 14.7. The van der Waals surface area contributed by atoms with Crippen molar-refractivity contribution >= 4 is 16.7 Å². The molecular weight excluding hydrogens is 457 g/mol. The Morgan fingerprint density at radius 1 is 1.03 bits per heavy atom. The van der Waals surface area contributed by atoms with Gasteiger partial charge in [-0.15, -0.1) is 10.2 Å². The number of amides is 1. The second-order valence-electron chi connectivity index (χ2n) is 9.08. The van der Waals surface area contributed by atoms with Crippen LogP contribution in [-0.2, 0) is 37.1 Å². The van der Waals surface area contributed by atoms with Gasteiger partial charge >= 0.3 is 0 Å². The van der Waals surface area contributed by atoms with E-state index in [1.807, 2.05) is 6.07 Å². The van der Waals surface area contributed by atoms with Crippen LogP contribution >= 0.6 is 0 Å². The maximum absolute atomic E-state index is 13.1. The van der Waals surface area contributed by atoms with Crippen molar-refractivity contribution in [3.63, 3.8) is 0 Å². The van der Waals surface area contributed by atoms with E-state index in [1.165, 1.54) is 28.5 Å². The number of aromatic nitrogens is 3. The number of hydrogen-bond acceptors (Lipinski definition) is 5. The molecule has 0 fully saturated rings. The van der Waals surface area contributed by atoms with Crippen LogP contribution in [0.3, 0.4) is 0 Å². The second-order valence-corrected chi connectivity index (χ2v) is 9.08. The van der Waals surface area contributed by atoms with Crippen molar-refractivity contribution in [1.29, 1.82) is 0 Å². The summed E-state index contributed by atoms with van der Waals surface area (Å²) >= 11 is 0. The van der Waals surface area contributed by atoms with Crippen molar-refractivity contribution in [2.45, 2.75) is 32.4 Å². The first kappa shape index (κ1) is 23.9. The molecule has 3 aromatic carbocycles. The second kappa shape index (κ2) is 10.9. The molecule has 7 nitrogen and oxygen atoms in total. The number of hydrogen-bond donors (Lipinski definition) is 1. The number of carbonyl (C=O) groups is 1. The van der Waals surface area contributed by atoms with Crippen molar-refractivity contribution < 1.29 is 13.9 Å². The van der Waals surface area contributed by atoms with Crippen LogP contribution in [0.2, 0.25) is 0 Å². The van der Waals surface area contributed by atoms with Gasteiger partial charge in [0.25, 0.3) is 0 Å². The summed E-state index contributed by atoms with van der Waals surface area (Å²) < 4.78 is 20.9. The third-order valence-electron chi connectivity index (χ3n) is 6.74. The molecule has 1 aromatic heterocycles. The highest BCUT2D eigenvalue weighted by atomic mass is 19.1. The van der Waals surface area contributed by atoms with Crippen LogP contribution in [0.4, 0.5) is 4.39 Å². The molecule has 0 radical (unpaired) electrons. The Kier molecular flexibility index (Phi) is 7.23. The first-order chi connectivity index (χ1) is 17.6. The predicted octanol–water partition coefficient (Wildman–Crippen LogP) is 3.54. The lowest BCUT2D eigenvalue weighted by molar-refractivity contribution is -0.120. The molecule has 36 heavy (non-hydrogen) atoms. The number of methoxy groups -OCH3 is 1. The molecule has 0 aliphatic carbocycles. The highest BCUT2D eigenvalue weighted by Gasteiger charge is 2.20. The van der Waals surface area contributed by atoms with Crippen LogP contribution in [0.5, 0.6) is 5.75 Å². The molecule has 0 saturated heterocycles. The molecule has 186 valence electrons. The molecule has 0 spiro atoms. The van der Waals surface area contributed by atoms with Gasteiger partial charge in [-0.1, -0.05) is 42.5 Å². The van der Waals surface area contributed by atoms with E-state index in [1.54, 1.807) is 19.2 Å². The zero-order valence-electron chi connectivity index (χ0n) is 20.4. The van der Waals surface area contributed by atoms with Crippen molar-refractivity contribution in [2.75, 3.05) is 26.7 Å². The Labute approximate surface area is 209 Å². The SMILES string of the molecule is COc1ccc2ccccc2c1CN1CCc2nnc(CCNC(=O)Cc3ccc(F)cc3)n2CC1. The summed E-state index contributed by atoms with van der Waals surface area (Å²) in [6, 6.07) is 18.6. The third kappa shape index (κ3) is 5.39. The van der Waals surface area contributed by atoms with Gasteiger partial charge in [0.2, 0.25) is 5.91 Å². The lowest BCUT2D eigenvalue weighted by Gasteiger charge is -2.22. The van der Waals surface area contributed by atoms with Gasteiger partial charge in [0.1, 0.15) is 23.2 Å². The average molecular weight is 488 g/mol. The van der Waals surface area contributed by atoms with Gasteiger partial charge in [0.15, 0.2) is 0 Å². The summed E-state index contributed by atoms with van der Waals surface area (Å²) in [5, 5.41) is 14.2. The summed E-state index contributed by atoms with van der Waals surface area (Å²) in [6.45, 7) is 3.85. The van der Waals surface area contributed by atoms with E-state index >= 15 is 0 Å². The van der Waals surface area contributed by atoms with Crippen LogP contribution in [0, 0.1) is 5.82 Å². The molecule has 1 aliphatic rings. The van der Waals surface area contributed by atoms with Crippen molar-refractivity contribution in [3.8, 4) is 5.75 Å². The topological polar surface area (TPSA) is 72.3 Å². The van der Waals surface area contributed by atoms with E-state index in [0.29, 0.717) is 13.0 Å². The van der Waals surface area contributed by atoms with E-state index in [9.17, 15) is 9.18 Å². The summed E-state index contributed by atoms with van der Waals surface area (Å²) in [6.07, 6.45) is 1.65. The third-order valence-corrected chi connectivity index (χ3v) is 6.74. The normalized spacial score (nSPS) is 13.8. The Hall–Kier alpha value is -3.78. The maximum atomic E-state index is 13.1.